The lowest BCUT2D eigenvalue weighted by Crippen LogP contribution is -2.44. The Morgan fingerprint density at radius 2 is 2.20 bits per heavy atom. The Hall–Kier alpha value is -0.620. The quantitative estimate of drug-likeness (QED) is 0.749. The van der Waals surface area contributed by atoms with Gasteiger partial charge < -0.3 is 15.5 Å². The second-order valence-electron chi connectivity index (χ2n) is 4.93. The molecule has 1 saturated heterocycles. The highest BCUT2D eigenvalue weighted by Crippen LogP contribution is 2.08. The van der Waals surface area contributed by atoms with Gasteiger partial charge in [-0.1, -0.05) is 0 Å². The summed E-state index contributed by atoms with van der Waals surface area (Å²) in [6, 6.07) is 2.09. The Balaban J connectivity index is 0.00000200. The molecule has 1 aliphatic heterocycles. The highest BCUT2D eigenvalue weighted by Gasteiger charge is 2.08. The van der Waals surface area contributed by atoms with Crippen molar-refractivity contribution in [1.29, 1.82) is 0 Å². The van der Waals surface area contributed by atoms with Crippen LogP contribution in [0.15, 0.2) is 16.8 Å². The molecule has 114 valence electrons. The SMILES string of the molecule is Cl.O=C(CCc1ccsc1)NCCCN1CCNCC1. The number of aryl methyl sites for hydroxylation is 1. The van der Waals surface area contributed by atoms with E-state index >= 15 is 0 Å². The van der Waals surface area contributed by atoms with Crippen molar-refractivity contribution < 1.29 is 4.79 Å². The molecule has 1 aromatic heterocycles. The lowest BCUT2D eigenvalue weighted by atomic mass is 10.2. The smallest absolute Gasteiger partial charge is 0.220 e. The highest BCUT2D eigenvalue weighted by atomic mass is 35.5. The molecule has 2 heterocycles. The molecule has 4 nitrogen and oxygen atoms in total. The summed E-state index contributed by atoms with van der Waals surface area (Å²) < 4.78 is 0. The molecule has 0 atom stereocenters. The van der Waals surface area contributed by atoms with Crippen LogP contribution in [0, 0.1) is 0 Å². The summed E-state index contributed by atoms with van der Waals surface area (Å²) in [6.07, 6.45) is 2.50. The van der Waals surface area contributed by atoms with E-state index in [2.05, 4.69) is 32.4 Å². The molecule has 6 heteroatoms. The zero-order chi connectivity index (χ0) is 13.3. The summed E-state index contributed by atoms with van der Waals surface area (Å²) in [7, 11) is 0. The first-order valence-corrected chi connectivity index (χ1v) is 8.00. The number of piperazine rings is 1. The number of carbonyl (C=O) groups is 1. The number of nitrogens with zero attached hydrogens (tertiary/aromatic N) is 1. The van der Waals surface area contributed by atoms with E-state index in [1.807, 2.05) is 0 Å². The fourth-order valence-corrected chi connectivity index (χ4v) is 2.95. The van der Waals surface area contributed by atoms with Gasteiger partial charge in [-0.05, 0) is 41.8 Å². The molecule has 1 amide bonds. The van der Waals surface area contributed by atoms with Crippen LogP contribution in [-0.2, 0) is 11.2 Å². The van der Waals surface area contributed by atoms with Crippen molar-refractivity contribution in [2.75, 3.05) is 39.3 Å². The Labute approximate surface area is 131 Å². The third-order valence-corrected chi connectivity index (χ3v) is 4.14. The molecular formula is C14H24ClN3OS. The maximum Gasteiger partial charge on any atom is 0.220 e. The molecule has 0 bridgehead atoms. The molecule has 1 aliphatic rings. The summed E-state index contributed by atoms with van der Waals surface area (Å²) in [5.74, 6) is 0.173. The molecule has 0 spiro atoms. The van der Waals surface area contributed by atoms with Gasteiger partial charge in [0.2, 0.25) is 5.91 Å². The van der Waals surface area contributed by atoms with Gasteiger partial charge in [-0.2, -0.15) is 11.3 Å². The first-order chi connectivity index (χ1) is 9.34. The van der Waals surface area contributed by atoms with Crippen molar-refractivity contribution in [2.45, 2.75) is 19.3 Å². The minimum Gasteiger partial charge on any atom is -0.356 e. The Bertz CT molecular complexity index is 367. The molecule has 2 rings (SSSR count). The van der Waals surface area contributed by atoms with Crippen LogP contribution in [0.2, 0.25) is 0 Å². The molecule has 0 unspecified atom stereocenters. The zero-order valence-electron chi connectivity index (χ0n) is 11.8. The van der Waals surface area contributed by atoms with Crippen LogP contribution in [0.3, 0.4) is 0 Å². The summed E-state index contributed by atoms with van der Waals surface area (Å²) in [5.41, 5.74) is 1.26. The number of carbonyl (C=O) groups excluding carboxylic acids is 1. The van der Waals surface area contributed by atoms with E-state index in [0.717, 1.165) is 52.1 Å². The maximum atomic E-state index is 11.7. The average molecular weight is 318 g/mol. The molecule has 20 heavy (non-hydrogen) atoms. The van der Waals surface area contributed by atoms with E-state index in [1.165, 1.54) is 5.56 Å². The standard InChI is InChI=1S/C14H23N3OS.ClH/c18-14(3-2-13-4-11-19-12-13)16-5-1-8-17-9-6-15-7-10-17;/h4,11-12,15H,1-3,5-10H2,(H,16,18);1H. The zero-order valence-corrected chi connectivity index (χ0v) is 13.4. The van der Waals surface area contributed by atoms with Gasteiger partial charge in [-0.3, -0.25) is 4.79 Å². The van der Waals surface area contributed by atoms with Gasteiger partial charge in [0.05, 0.1) is 0 Å². The molecule has 0 radical (unpaired) electrons. The molecule has 1 aromatic rings. The lowest BCUT2D eigenvalue weighted by Gasteiger charge is -2.27. The van der Waals surface area contributed by atoms with Crippen LogP contribution in [0.25, 0.3) is 0 Å². The predicted octanol–water partition coefficient (Wildman–Crippen LogP) is 1.51. The Morgan fingerprint density at radius 3 is 2.90 bits per heavy atom. The van der Waals surface area contributed by atoms with Crippen LogP contribution in [-0.4, -0.2) is 50.1 Å². The van der Waals surface area contributed by atoms with Gasteiger partial charge in [0.15, 0.2) is 0 Å². The third-order valence-electron chi connectivity index (χ3n) is 3.40. The summed E-state index contributed by atoms with van der Waals surface area (Å²) >= 11 is 1.69. The van der Waals surface area contributed by atoms with E-state index in [4.69, 9.17) is 0 Å². The molecular weight excluding hydrogens is 294 g/mol. The fourth-order valence-electron chi connectivity index (χ4n) is 2.25. The third kappa shape index (κ3) is 6.70. The topological polar surface area (TPSA) is 44.4 Å². The van der Waals surface area contributed by atoms with Gasteiger partial charge in [0, 0.05) is 39.1 Å². The van der Waals surface area contributed by atoms with Gasteiger partial charge in [-0.25, -0.2) is 0 Å². The fraction of sp³-hybridized carbons (Fsp3) is 0.643. The lowest BCUT2D eigenvalue weighted by molar-refractivity contribution is -0.121. The molecule has 0 aromatic carbocycles. The van der Waals surface area contributed by atoms with E-state index in [0.29, 0.717) is 6.42 Å². The monoisotopic (exact) mass is 317 g/mol. The Morgan fingerprint density at radius 1 is 1.40 bits per heavy atom. The normalized spacial score (nSPS) is 15.6. The van der Waals surface area contributed by atoms with Crippen LogP contribution < -0.4 is 10.6 Å². The summed E-state index contributed by atoms with van der Waals surface area (Å²) in [5, 5.41) is 10.5. The number of hydrogen-bond donors (Lipinski definition) is 2. The second-order valence-corrected chi connectivity index (χ2v) is 5.71. The number of nitrogens with one attached hydrogen (secondary N) is 2. The number of thiophene rings is 1. The number of rotatable bonds is 7. The van der Waals surface area contributed by atoms with Crippen molar-refractivity contribution >= 4 is 29.7 Å². The van der Waals surface area contributed by atoms with Gasteiger partial charge in [-0.15, -0.1) is 12.4 Å². The van der Waals surface area contributed by atoms with Crippen molar-refractivity contribution in [2.24, 2.45) is 0 Å². The predicted molar refractivity (Wildman–Crippen MR) is 86.8 cm³/mol. The van der Waals surface area contributed by atoms with Crippen molar-refractivity contribution in [1.82, 2.24) is 15.5 Å². The minimum absolute atomic E-state index is 0. The van der Waals surface area contributed by atoms with Crippen molar-refractivity contribution in [3.8, 4) is 0 Å². The summed E-state index contributed by atoms with van der Waals surface area (Å²) in [4.78, 5) is 14.1. The largest absolute Gasteiger partial charge is 0.356 e. The van der Waals surface area contributed by atoms with E-state index < -0.39 is 0 Å². The number of hydrogen-bond acceptors (Lipinski definition) is 4. The van der Waals surface area contributed by atoms with Crippen LogP contribution >= 0.6 is 23.7 Å². The van der Waals surface area contributed by atoms with Crippen LogP contribution in [0.5, 0.6) is 0 Å². The van der Waals surface area contributed by atoms with Gasteiger partial charge in [0.1, 0.15) is 0 Å². The van der Waals surface area contributed by atoms with Crippen LogP contribution in [0.1, 0.15) is 18.4 Å². The van der Waals surface area contributed by atoms with E-state index in [1.54, 1.807) is 11.3 Å². The van der Waals surface area contributed by atoms with E-state index in [-0.39, 0.29) is 18.3 Å². The van der Waals surface area contributed by atoms with Crippen molar-refractivity contribution in [3.63, 3.8) is 0 Å². The first-order valence-electron chi connectivity index (χ1n) is 7.05. The molecule has 1 fully saturated rings. The first kappa shape index (κ1) is 17.4. The average Bonchev–Trinajstić information content (AvgIpc) is 2.96. The van der Waals surface area contributed by atoms with Crippen LogP contribution in [0.4, 0.5) is 0 Å². The number of halogens is 1. The molecule has 0 saturated carbocycles. The van der Waals surface area contributed by atoms with Crippen molar-refractivity contribution in [3.05, 3.63) is 22.4 Å². The summed E-state index contributed by atoms with van der Waals surface area (Å²) in [6.45, 7) is 6.33. The number of amides is 1. The molecule has 2 N–H and O–H groups in total. The Kier molecular flexibility index (Phi) is 8.85. The van der Waals surface area contributed by atoms with Gasteiger partial charge in [0.25, 0.3) is 0 Å². The molecule has 0 aliphatic carbocycles. The van der Waals surface area contributed by atoms with Gasteiger partial charge >= 0.3 is 0 Å². The second kappa shape index (κ2) is 10.2. The maximum absolute atomic E-state index is 11.7. The van der Waals surface area contributed by atoms with E-state index in [9.17, 15) is 4.79 Å². The highest BCUT2D eigenvalue weighted by molar-refractivity contribution is 7.07. The minimum atomic E-state index is 0.